The van der Waals surface area contributed by atoms with E-state index in [9.17, 15) is 0 Å². The van der Waals surface area contributed by atoms with Gasteiger partial charge in [0.05, 0.1) is 22.1 Å². The van der Waals surface area contributed by atoms with E-state index in [1.807, 2.05) is 36.7 Å². The Balaban J connectivity index is 1.29. The number of hydrogen-bond donors (Lipinski definition) is 0. The molecule has 4 heterocycles. The second kappa shape index (κ2) is 8.71. The van der Waals surface area contributed by atoms with Crippen LogP contribution in [0.25, 0.3) is 55.2 Å². The van der Waals surface area contributed by atoms with Crippen molar-refractivity contribution in [3.8, 4) is 11.6 Å². The fourth-order valence-electron chi connectivity index (χ4n) is 5.81. The average molecular weight is 497 g/mol. The molecule has 0 aliphatic rings. The summed E-state index contributed by atoms with van der Waals surface area (Å²) in [5, 5.41) is 4.90. The van der Waals surface area contributed by atoms with Crippen molar-refractivity contribution in [3.63, 3.8) is 0 Å². The summed E-state index contributed by atoms with van der Waals surface area (Å²) in [6, 6.07) is 42.6. The molecule has 4 aromatic carbocycles. The highest BCUT2D eigenvalue weighted by Crippen LogP contribution is 2.32. The fraction of sp³-hybridized carbons (Fsp3) is 0. The van der Waals surface area contributed by atoms with Crippen molar-refractivity contribution >= 4 is 61.8 Å². The van der Waals surface area contributed by atoms with Crippen LogP contribution >= 0.6 is 0 Å². The van der Waals surface area contributed by atoms with Crippen molar-refractivity contribution in [1.29, 1.82) is 0 Å². The predicted molar refractivity (Wildman–Crippen MR) is 162 cm³/mol. The molecule has 0 N–H and O–H groups in total. The highest BCUT2D eigenvalue weighted by atomic mass is 15.1. The van der Waals surface area contributed by atoms with Crippen LogP contribution in [-0.4, -0.2) is 26.4 Å². The molecule has 39 heavy (non-hydrogen) atoms. The molecule has 0 fully saturated rings. The van der Waals surface area contributed by atoms with Gasteiger partial charge in [0.15, 0.2) is 7.28 Å². The first-order valence-electron chi connectivity index (χ1n) is 13.1. The molecule has 0 unspecified atom stereocenters. The smallest absolute Gasteiger partial charge is 0.191 e. The minimum atomic E-state index is 0.919. The molecule has 0 bridgehead atoms. The molecule has 0 spiro atoms. The van der Waals surface area contributed by atoms with Gasteiger partial charge in [-0.15, -0.1) is 0 Å². The third-order valence-electron chi connectivity index (χ3n) is 7.49. The Morgan fingerprint density at radius 2 is 0.846 bits per heavy atom. The van der Waals surface area contributed by atoms with Crippen molar-refractivity contribution in [2.45, 2.75) is 0 Å². The number of para-hydroxylation sites is 2. The third kappa shape index (κ3) is 3.47. The van der Waals surface area contributed by atoms with E-state index in [-0.39, 0.29) is 0 Å². The van der Waals surface area contributed by atoms with Gasteiger partial charge in [0, 0.05) is 33.9 Å². The largest absolute Gasteiger partial charge is 0.294 e. The third-order valence-corrected chi connectivity index (χ3v) is 7.49. The molecule has 181 valence electrons. The number of fused-ring (bicyclic) bond motifs is 6. The van der Waals surface area contributed by atoms with Gasteiger partial charge in [0.2, 0.25) is 0 Å². The Kier molecular flexibility index (Phi) is 4.89. The van der Waals surface area contributed by atoms with Crippen LogP contribution < -0.4 is 10.9 Å². The molecular formula is C34H22BN4. The maximum absolute atomic E-state index is 4.67. The molecule has 0 aliphatic carbocycles. The Morgan fingerprint density at radius 1 is 0.410 bits per heavy atom. The molecule has 0 atom stereocenters. The summed E-state index contributed by atoms with van der Waals surface area (Å²) >= 11 is 0. The Hall–Kier alpha value is -5.16. The summed E-state index contributed by atoms with van der Waals surface area (Å²) in [5.74, 6) is 1.84. The van der Waals surface area contributed by atoms with Gasteiger partial charge in [0.25, 0.3) is 0 Å². The van der Waals surface area contributed by atoms with Gasteiger partial charge in [-0.1, -0.05) is 83.7 Å². The highest BCUT2D eigenvalue weighted by molar-refractivity contribution is 6.67. The summed E-state index contributed by atoms with van der Waals surface area (Å²) in [5.41, 5.74) is 6.89. The zero-order valence-electron chi connectivity index (χ0n) is 21.1. The first kappa shape index (κ1) is 21.9. The summed E-state index contributed by atoms with van der Waals surface area (Å²) in [6.07, 6.45) is 3.70. The SMILES string of the molecule is [B](c1ccc2c3ccccc3n(-c3ccccn3)c2c1)c1ccc2c3ccccc3n(-c3ccccn3)c2c1. The van der Waals surface area contributed by atoms with Gasteiger partial charge in [-0.05, 0) is 48.5 Å². The predicted octanol–water partition coefficient (Wildman–Crippen LogP) is 6.33. The second-order valence-corrected chi connectivity index (χ2v) is 9.78. The van der Waals surface area contributed by atoms with E-state index in [2.05, 4.69) is 123 Å². The molecule has 4 nitrogen and oxygen atoms in total. The van der Waals surface area contributed by atoms with E-state index in [1.54, 1.807) is 0 Å². The summed E-state index contributed by atoms with van der Waals surface area (Å²) in [7, 11) is 2.25. The van der Waals surface area contributed by atoms with Gasteiger partial charge >= 0.3 is 0 Å². The lowest BCUT2D eigenvalue weighted by molar-refractivity contribution is 1.08. The van der Waals surface area contributed by atoms with Crippen molar-refractivity contribution in [1.82, 2.24) is 19.1 Å². The average Bonchev–Trinajstić information content (AvgIpc) is 3.50. The maximum atomic E-state index is 4.67. The van der Waals surface area contributed by atoms with Crippen molar-refractivity contribution < 1.29 is 0 Å². The van der Waals surface area contributed by atoms with Crippen LogP contribution in [0, 0.1) is 0 Å². The summed E-state index contributed by atoms with van der Waals surface area (Å²) < 4.78 is 4.51. The molecule has 8 aromatic rings. The number of hydrogen-bond acceptors (Lipinski definition) is 2. The number of rotatable bonds is 4. The Bertz CT molecular complexity index is 1990. The molecule has 0 aliphatic heterocycles. The minimum absolute atomic E-state index is 0.919. The van der Waals surface area contributed by atoms with Gasteiger partial charge in [-0.2, -0.15) is 0 Å². The molecule has 8 rings (SSSR count). The molecule has 1 radical (unpaired) electrons. The van der Waals surface area contributed by atoms with Crippen LogP contribution in [-0.2, 0) is 0 Å². The van der Waals surface area contributed by atoms with Crippen LogP contribution in [0.1, 0.15) is 0 Å². The first-order valence-corrected chi connectivity index (χ1v) is 13.1. The van der Waals surface area contributed by atoms with Crippen molar-refractivity contribution in [3.05, 3.63) is 134 Å². The van der Waals surface area contributed by atoms with Gasteiger partial charge in [-0.25, -0.2) is 9.97 Å². The lowest BCUT2D eigenvalue weighted by atomic mass is 9.64. The highest BCUT2D eigenvalue weighted by Gasteiger charge is 2.16. The summed E-state index contributed by atoms with van der Waals surface area (Å²) in [6.45, 7) is 0. The Labute approximate surface area is 226 Å². The van der Waals surface area contributed by atoms with Crippen LogP contribution in [0.15, 0.2) is 134 Å². The molecule has 0 amide bonds. The topological polar surface area (TPSA) is 35.6 Å². The number of benzene rings is 4. The monoisotopic (exact) mass is 497 g/mol. The van der Waals surface area contributed by atoms with Crippen LogP contribution in [0.4, 0.5) is 0 Å². The summed E-state index contributed by atoms with van der Waals surface area (Å²) in [4.78, 5) is 9.35. The molecule has 4 aromatic heterocycles. The van der Waals surface area contributed by atoms with Crippen molar-refractivity contribution in [2.24, 2.45) is 0 Å². The number of nitrogens with zero attached hydrogens (tertiary/aromatic N) is 4. The Morgan fingerprint density at radius 3 is 1.31 bits per heavy atom. The fourth-order valence-corrected chi connectivity index (χ4v) is 5.81. The van der Waals surface area contributed by atoms with Crippen LogP contribution in [0.5, 0.6) is 0 Å². The van der Waals surface area contributed by atoms with Crippen LogP contribution in [0.2, 0.25) is 0 Å². The van der Waals surface area contributed by atoms with E-state index >= 15 is 0 Å². The maximum Gasteiger partial charge on any atom is 0.191 e. The molecule has 0 saturated heterocycles. The molecule has 0 saturated carbocycles. The van der Waals surface area contributed by atoms with E-state index in [1.165, 1.54) is 21.5 Å². The van der Waals surface area contributed by atoms with Crippen molar-refractivity contribution in [2.75, 3.05) is 0 Å². The lowest BCUT2D eigenvalue weighted by Crippen LogP contribution is -2.27. The van der Waals surface area contributed by atoms with E-state index in [4.69, 9.17) is 0 Å². The lowest BCUT2D eigenvalue weighted by Gasteiger charge is -2.09. The van der Waals surface area contributed by atoms with Crippen LogP contribution in [0.3, 0.4) is 0 Å². The normalized spacial score (nSPS) is 11.6. The van der Waals surface area contributed by atoms with Gasteiger partial charge in [0.1, 0.15) is 11.6 Å². The zero-order valence-corrected chi connectivity index (χ0v) is 21.1. The number of pyridine rings is 2. The van der Waals surface area contributed by atoms with E-state index in [0.717, 1.165) is 44.6 Å². The second-order valence-electron chi connectivity index (χ2n) is 9.78. The quantitative estimate of drug-likeness (QED) is 0.267. The standard InChI is InChI=1S/C34H22BN4/c1-3-11-29-25(9-1)27-17-15-23(21-31(27)38(29)33-13-5-7-19-36-33)35-24-16-18-28-26-10-2-4-12-30(26)39(32(28)22-24)34-14-6-8-20-37-34/h1-22H. The molecule has 5 heteroatoms. The number of aromatic nitrogens is 4. The minimum Gasteiger partial charge on any atom is -0.294 e. The van der Waals surface area contributed by atoms with E-state index < -0.39 is 0 Å². The zero-order chi connectivity index (χ0) is 25.8. The first-order chi connectivity index (χ1) is 19.3. The van der Waals surface area contributed by atoms with E-state index in [0.29, 0.717) is 0 Å². The van der Waals surface area contributed by atoms with Gasteiger partial charge in [-0.3, -0.25) is 9.13 Å². The molecular weight excluding hydrogens is 475 g/mol. The van der Waals surface area contributed by atoms with Gasteiger partial charge < -0.3 is 0 Å².